The lowest BCUT2D eigenvalue weighted by atomic mass is 10.3. The van der Waals surface area contributed by atoms with E-state index in [4.69, 9.17) is 22.1 Å². The number of nitrogen functional groups attached to an aromatic ring is 1. The van der Waals surface area contributed by atoms with E-state index in [0.29, 0.717) is 23.9 Å². The van der Waals surface area contributed by atoms with Crippen molar-refractivity contribution in [1.29, 1.82) is 0 Å². The average Bonchev–Trinajstić information content (AvgIpc) is 2.38. The Hall–Kier alpha value is -0.910. The second-order valence-electron chi connectivity index (χ2n) is 4.09. The number of ether oxygens (including phenoxy) is 1. The van der Waals surface area contributed by atoms with Crippen LogP contribution in [0.2, 0.25) is 5.02 Å². The minimum Gasteiger partial charge on any atom is -0.399 e. The molecular weight excluding hydrogens is 284 g/mol. The number of benzene rings is 1. The number of hydrogen-bond acceptors (Lipinski definition) is 4. The van der Waals surface area contributed by atoms with E-state index in [1.807, 2.05) is 6.92 Å². The second kappa shape index (κ2) is 8.30. The van der Waals surface area contributed by atoms with Gasteiger partial charge in [-0.3, -0.25) is 4.79 Å². The van der Waals surface area contributed by atoms with Crippen molar-refractivity contribution in [3.63, 3.8) is 0 Å². The van der Waals surface area contributed by atoms with Crippen LogP contribution >= 0.6 is 23.4 Å². The molecule has 0 aromatic heterocycles. The summed E-state index contributed by atoms with van der Waals surface area (Å²) < 4.78 is 4.92. The molecular formula is C13H19ClN2O2S. The number of methoxy groups -OCH3 is 1. The first-order chi connectivity index (χ1) is 9.04. The van der Waals surface area contributed by atoms with Crippen LogP contribution in [0.3, 0.4) is 0 Å². The molecule has 0 saturated carbocycles. The first-order valence-corrected chi connectivity index (χ1v) is 7.28. The van der Waals surface area contributed by atoms with Gasteiger partial charge in [-0.15, -0.1) is 11.8 Å². The molecule has 1 rings (SSSR count). The number of anilines is 1. The third-order valence-electron chi connectivity index (χ3n) is 2.45. The Morgan fingerprint density at radius 3 is 3.00 bits per heavy atom. The van der Waals surface area contributed by atoms with Crippen molar-refractivity contribution in [2.24, 2.45) is 0 Å². The van der Waals surface area contributed by atoms with E-state index in [0.717, 1.165) is 11.3 Å². The maximum absolute atomic E-state index is 11.9. The average molecular weight is 303 g/mol. The molecule has 1 aromatic rings. The number of nitrogens with two attached hydrogens (primary N) is 1. The Bertz CT molecular complexity index is 429. The molecule has 0 fully saturated rings. The standard InChI is InChI=1S/C13H19ClN2O2S/c1-9(13(17)16-6-3-7-18-2)19-12-8-10(15)4-5-11(12)14/h4-5,8-9H,3,6-7,15H2,1-2H3,(H,16,17). The minimum atomic E-state index is -0.221. The fourth-order valence-corrected chi connectivity index (χ4v) is 2.63. The number of carbonyl (C=O) groups is 1. The number of rotatable bonds is 7. The van der Waals surface area contributed by atoms with Gasteiger partial charge in [-0.25, -0.2) is 0 Å². The molecule has 6 heteroatoms. The number of thioether (sulfide) groups is 1. The van der Waals surface area contributed by atoms with Crippen LogP contribution < -0.4 is 11.1 Å². The molecule has 1 aromatic carbocycles. The van der Waals surface area contributed by atoms with Gasteiger partial charge in [-0.1, -0.05) is 11.6 Å². The van der Waals surface area contributed by atoms with Gasteiger partial charge in [0.25, 0.3) is 0 Å². The van der Waals surface area contributed by atoms with Crippen molar-refractivity contribution in [3.05, 3.63) is 23.2 Å². The molecule has 4 nitrogen and oxygen atoms in total. The number of halogens is 1. The van der Waals surface area contributed by atoms with Crippen LogP contribution in [0.4, 0.5) is 5.69 Å². The summed E-state index contributed by atoms with van der Waals surface area (Å²) in [5.41, 5.74) is 6.34. The van der Waals surface area contributed by atoms with E-state index in [1.165, 1.54) is 11.8 Å². The van der Waals surface area contributed by atoms with Crippen molar-refractivity contribution < 1.29 is 9.53 Å². The van der Waals surface area contributed by atoms with Crippen LogP contribution in [0, 0.1) is 0 Å². The Morgan fingerprint density at radius 2 is 2.32 bits per heavy atom. The monoisotopic (exact) mass is 302 g/mol. The number of amides is 1. The SMILES string of the molecule is COCCCNC(=O)C(C)Sc1cc(N)ccc1Cl. The van der Waals surface area contributed by atoms with Gasteiger partial charge in [0.05, 0.1) is 10.3 Å². The zero-order valence-electron chi connectivity index (χ0n) is 11.1. The van der Waals surface area contributed by atoms with Crippen LogP contribution in [-0.2, 0) is 9.53 Å². The summed E-state index contributed by atoms with van der Waals surface area (Å²) in [7, 11) is 1.64. The minimum absolute atomic E-state index is 0.0143. The Balaban J connectivity index is 2.47. The molecule has 0 aliphatic rings. The van der Waals surface area contributed by atoms with E-state index < -0.39 is 0 Å². The fourth-order valence-electron chi connectivity index (χ4n) is 1.43. The Morgan fingerprint density at radius 1 is 1.58 bits per heavy atom. The van der Waals surface area contributed by atoms with Gasteiger partial charge in [0.1, 0.15) is 0 Å². The number of hydrogen-bond donors (Lipinski definition) is 2. The van der Waals surface area contributed by atoms with Crippen LogP contribution in [0.25, 0.3) is 0 Å². The summed E-state index contributed by atoms with van der Waals surface area (Å²) in [6.45, 7) is 3.10. The predicted octanol–water partition coefficient (Wildman–Crippen LogP) is 2.56. The first kappa shape index (κ1) is 16.1. The summed E-state index contributed by atoms with van der Waals surface area (Å²) in [5, 5.41) is 3.25. The summed E-state index contributed by atoms with van der Waals surface area (Å²) in [6.07, 6.45) is 0.804. The van der Waals surface area contributed by atoms with Gasteiger partial charge >= 0.3 is 0 Å². The van der Waals surface area contributed by atoms with Gasteiger partial charge in [0.2, 0.25) is 5.91 Å². The largest absolute Gasteiger partial charge is 0.399 e. The van der Waals surface area contributed by atoms with Gasteiger partial charge in [-0.2, -0.15) is 0 Å². The van der Waals surface area contributed by atoms with Gasteiger partial charge in [-0.05, 0) is 31.5 Å². The van der Waals surface area contributed by atoms with E-state index in [1.54, 1.807) is 25.3 Å². The normalized spacial score (nSPS) is 12.2. The zero-order valence-corrected chi connectivity index (χ0v) is 12.7. The molecule has 19 heavy (non-hydrogen) atoms. The molecule has 0 aliphatic heterocycles. The third-order valence-corrected chi connectivity index (χ3v) is 4.05. The van der Waals surface area contributed by atoms with Crippen molar-refractivity contribution >= 4 is 35.0 Å². The molecule has 1 unspecified atom stereocenters. The van der Waals surface area contributed by atoms with Crippen LogP contribution in [-0.4, -0.2) is 31.4 Å². The van der Waals surface area contributed by atoms with E-state index in [-0.39, 0.29) is 11.2 Å². The maximum atomic E-state index is 11.9. The smallest absolute Gasteiger partial charge is 0.233 e. The maximum Gasteiger partial charge on any atom is 0.233 e. The molecule has 106 valence electrons. The van der Waals surface area contributed by atoms with E-state index >= 15 is 0 Å². The summed E-state index contributed by atoms with van der Waals surface area (Å²) in [5.74, 6) is -0.0143. The Kier molecular flexibility index (Phi) is 7.05. The summed E-state index contributed by atoms with van der Waals surface area (Å²) >= 11 is 7.47. The molecule has 0 spiro atoms. The van der Waals surface area contributed by atoms with Crippen molar-refractivity contribution in [2.75, 3.05) is 26.0 Å². The zero-order chi connectivity index (χ0) is 14.3. The molecule has 1 atom stereocenters. The fraction of sp³-hybridized carbons (Fsp3) is 0.462. The summed E-state index contributed by atoms with van der Waals surface area (Å²) in [4.78, 5) is 12.7. The molecule has 0 aliphatic carbocycles. The topological polar surface area (TPSA) is 64.3 Å². The second-order valence-corrected chi connectivity index (χ2v) is 5.88. The molecule has 1 amide bonds. The van der Waals surface area contributed by atoms with Crippen LogP contribution in [0.15, 0.2) is 23.1 Å². The molecule has 0 radical (unpaired) electrons. The number of carbonyl (C=O) groups excluding carboxylic acids is 1. The molecule has 0 bridgehead atoms. The van der Waals surface area contributed by atoms with Crippen molar-refractivity contribution in [2.45, 2.75) is 23.5 Å². The predicted molar refractivity (Wildman–Crippen MR) is 80.7 cm³/mol. The summed E-state index contributed by atoms with van der Waals surface area (Å²) in [6, 6.07) is 5.26. The lowest BCUT2D eigenvalue weighted by Crippen LogP contribution is -2.32. The highest BCUT2D eigenvalue weighted by Gasteiger charge is 2.15. The highest BCUT2D eigenvalue weighted by Crippen LogP contribution is 2.31. The van der Waals surface area contributed by atoms with Crippen LogP contribution in [0.5, 0.6) is 0 Å². The highest BCUT2D eigenvalue weighted by molar-refractivity contribution is 8.00. The molecule has 3 N–H and O–H groups in total. The van der Waals surface area contributed by atoms with Gasteiger partial charge < -0.3 is 15.8 Å². The third kappa shape index (κ3) is 5.72. The van der Waals surface area contributed by atoms with Crippen LogP contribution in [0.1, 0.15) is 13.3 Å². The van der Waals surface area contributed by atoms with E-state index in [2.05, 4.69) is 5.32 Å². The number of nitrogens with one attached hydrogen (secondary N) is 1. The lowest BCUT2D eigenvalue weighted by molar-refractivity contribution is -0.120. The quantitative estimate of drug-likeness (QED) is 0.461. The van der Waals surface area contributed by atoms with Gasteiger partial charge in [0.15, 0.2) is 0 Å². The Labute approximate surface area is 123 Å². The molecule has 0 saturated heterocycles. The highest BCUT2D eigenvalue weighted by atomic mass is 35.5. The van der Waals surface area contributed by atoms with E-state index in [9.17, 15) is 4.79 Å². The van der Waals surface area contributed by atoms with Crippen molar-refractivity contribution in [1.82, 2.24) is 5.32 Å². The van der Waals surface area contributed by atoms with Gasteiger partial charge in [0, 0.05) is 30.8 Å². The van der Waals surface area contributed by atoms with Crippen molar-refractivity contribution in [3.8, 4) is 0 Å². The molecule has 0 heterocycles. The first-order valence-electron chi connectivity index (χ1n) is 6.03. The lowest BCUT2D eigenvalue weighted by Gasteiger charge is -2.13.